The number of morpholine rings is 1. The number of carbonyl (C=O) groups is 1. The number of nitrogens with two attached hydrogens (primary N) is 1. The van der Waals surface area contributed by atoms with E-state index in [1.807, 2.05) is 6.92 Å². The summed E-state index contributed by atoms with van der Waals surface area (Å²) in [6.07, 6.45) is 0. The number of aromatic nitrogens is 1. The van der Waals surface area contributed by atoms with Gasteiger partial charge in [-0.05, 0) is 6.92 Å². The highest BCUT2D eigenvalue weighted by Gasteiger charge is 2.23. The summed E-state index contributed by atoms with van der Waals surface area (Å²) >= 11 is 1.34. The summed E-state index contributed by atoms with van der Waals surface area (Å²) < 4.78 is 5.31. The molecule has 0 radical (unpaired) electrons. The number of amides is 1. The van der Waals surface area contributed by atoms with Gasteiger partial charge in [-0.15, -0.1) is 0 Å². The SMILES string of the molecule is C=C(C)CN(C)C(=O)c1sc(N2CCOCC2)nc1N. The van der Waals surface area contributed by atoms with Gasteiger partial charge < -0.3 is 20.3 Å². The van der Waals surface area contributed by atoms with E-state index in [0.717, 1.165) is 23.8 Å². The number of ether oxygens (including phenoxy) is 1. The molecule has 0 aromatic carbocycles. The van der Waals surface area contributed by atoms with Gasteiger partial charge in [-0.2, -0.15) is 0 Å². The Morgan fingerprint density at radius 1 is 1.55 bits per heavy atom. The molecule has 1 aliphatic rings. The van der Waals surface area contributed by atoms with Crippen LogP contribution in [0.3, 0.4) is 0 Å². The first-order valence-electron chi connectivity index (χ1n) is 6.48. The van der Waals surface area contributed by atoms with Crippen LogP contribution >= 0.6 is 11.3 Å². The van der Waals surface area contributed by atoms with Crippen LogP contribution in [0, 0.1) is 0 Å². The predicted octanol–water partition coefficient (Wildman–Crippen LogP) is 1.21. The van der Waals surface area contributed by atoms with Crippen molar-refractivity contribution in [2.24, 2.45) is 0 Å². The number of thiazole rings is 1. The van der Waals surface area contributed by atoms with Crippen LogP contribution in [0.1, 0.15) is 16.6 Å². The minimum Gasteiger partial charge on any atom is -0.382 e. The maximum Gasteiger partial charge on any atom is 0.267 e. The number of hydrogen-bond acceptors (Lipinski definition) is 6. The average Bonchev–Trinajstić information content (AvgIpc) is 2.80. The van der Waals surface area contributed by atoms with Crippen molar-refractivity contribution in [1.29, 1.82) is 0 Å². The Morgan fingerprint density at radius 2 is 2.20 bits per heavy atom. The quantitative estimate of drug-likeness (QED) is 0.846. The van der Waals surface area contributed by atoms with E-state index in [9.17, 15) is 4.79 Å². The standard InChI is InChI=1S/C13H20N4O2S/c1-9(2)8-16(3)12(18)10-11(14)15-13(20-10)17-4-6-19-7-5-17/h1,4-8,14H2,2-3H3. The fraction of sp³-hybridized carbons (Fsp3) is 0.538. The molecular weight excluding hydrogens is 276 g/mol. The first kappa shape index (κ1) is 14.8. The molecule has 0 bridgehead atoms. The van der Waals surface area contributed by atoms with Crippen LogP contribution in [0.5, 0.6) is 0 Å². The summed E-state index contributed by atoms with van der Waals surface area (Å²) in [5.74, 6) is 0.192. The van der Waals surface area contributed by atoms with E-state index >= 15 is 0 Å². The maximum absolute atomic E-state index is 12.3. The van der Waals surface area contributed by atoms with Crippen LogP contribution < -0.4 is 10.6 Å². The third kappa shape index (κ3) is 3.29. The molecule has 2 heterocycles. The zero-order chi connectivity index (χ0) is 14.7. The molecule has 1 fully saturated rings. The van der Waals surface area contributed by atoms with Gasteiger partial charge in [0.05, 0.1) is 13.2 Å². The second-order valence-electron chi connectivity index (χ2n) is 4.93. The lowest BCUT2D eigenvalue weighted by molar-refractivity contribution is 0.0812. The maximum atomic E-state index is 12.3. The van der Waals surface area contributed by atoms with Gasteiger partial charge in [0.2, 0.25) is 0 Å². The smallest absolute Gasteiger partial charge is 0.267 e. The van der Waals surface area contributed by atoms with Gasteiger partial charge in [-0.1, -0.05) is 23.5 Å². The van der Waals surface area contributed by atoms with Crippen molar-refractivity contribution in [3.05, 3.63) is 17.0 Å². The second kappa shape index (κ2) is 6.23. The monoisotopic (exact) mass is 296 g/mol. The molecular formula is C13H20N4O2S. The molecule has 1 aromatic rings. The first-order chi connectivity index (χ1) is 9.49. The van der Waals surface area contributed by atoms with Gasteiger partial charge >= 0.3 is 0 Å². The third-order valence-electron chi connectivity index (χ3n) is 2.97. The summed E-state index contributed by atoms with van der Waals surface area (Å²) in [7, 11) is 1.74. The van der Waals surface area contributed by atoms with Crippen molar-refractivity contribution in [3.8, 4) is 0 Å². The molecule has 2 rings (SSSR count). The highest BCUT2D eigenvalue weighted by Crippen LogP contribution is 2.29. The largest absolute Gasteiger partial charge is 0.382 e. The Kier molecular flexibility index (Phi) is 4.61. The van der Waals surface area contributed by atoms with E-state index in [1.165, 1.54) is 11.3 Å². The molecule has 1 amide bonds. The molecule has 1 aromatic heterocycles. The molecule has 0 atom stereocenters. The van der Waals surface area contributed by atoms with E-state index in [2.05, 4.69) is 16.5 Å². The Labute approximate surface area is 122 Å². The molecule has 0 saturated carbocycles. The topological polar surface area (TPSA) is 71.7 Å². The first-order valence-corrected chi connectivity index (χ1v) is 7.29. The number of likely N-dealkylation sites (N-methyl/N-ethyl adjacent to an activating group) is 1. The molecule has 1 aliphatic heterocycles. The van der Waals surface area contributed by atoms with Crippen molar-refractivity contribution in [2.45, 2.75) is 6.92 Å². The summed E-state index contributed by atoms with van der Waals surface area (Å²) in [6, 6.07) is 0. The van der Waals surface area contributed by atoms with E-state index in [0.29, 0.717) is 30.5 Å². The lowest BCUT2D eigenvalue weighted by Crippen LogP contribution is -2.36. The molecule has 7 heteroatoms. The Hall–Kier alpha value is -1.60. The second-order valence-corrected chi connectivity index (χ2v) is 5.91. The molecule has 110 valence electrons. The molecule has 1 saturated heterocycles. The number of hydrogen-bond donors (Lipinski definition) is 1. The summed E-state index contributed by atoms with van der Waals surface area (Å²) in [5.41, 5.74) is 6.82. The summed E-state index contributed by atoms with van der Waals surface area (Å²) in [5, 5.41) is 0.790. The Balaban J connectivity index is 2.14. The van der Waals surface area contributed by atoms with Crippen LogP contribution in [0.2, 0.25) is 0 Å². The van der Waals surface area contributed by atoms with Crippen molar-refractivity contribution < 1.29 is 9.53 Å². The van der Waals surface area contributed by atoms with Crippen molar-refractivity contribution in [3.63, 3.8) is 0 Å². The van der Waals surface area contributed by atoms with Gasteiger partial charge in [0.15, 0.2) is 5.13 Å². The number of rotatable bonds is 4. The van der Waals surface area contributed by atoms with E-state index in [4.69, 9.17) is 10.5 Å². The summed E-state index contributed by atoms with van der Waals surface area (Å²) in [4.78, 5) is 20.8. The van der Waals surface area contributed by atoms with Gasteiger partial charge in [-0.25, -0.2) is 4.98 Å². The number of nitrogen functional groups attached to an aromatic ring is 1. The summed E-state index contributed by atoms with van der Waals surface area (Å²) in [6.45, 7) is 9.14. The van der Waals surface area contributed by atoms with Gasteiger partial charge in [0.25, 0.3) is 5.91 Å². The van der Waals surface area contributed by atoms with E-state index < -0.39 is 0 Å². The zero-order valence-electron chi connectivity index (χ0n) is 11.9. The lowest BCUT2D eigenvalue weighted by atomic mass is 10.3. The fourth-order valence-corrected chi connectivity index (χ4v) is 3.04. The van der Waals surface area contributed by atoms with Crippen LogP contribution in [-0.2, 0) is 4.74 Å². The molecule has 2 N–H and O–H groups in total. The van der Waals surface area contributed by atoms with Crippen LogP contribution in [0.4, 0.5) is 10.9 Å². The highest BCUT2D eigenvalue weighted by atomic mass is 32.1. The molecule has 6 nitrogen and oxygen atoms in total. The highest BCUT2D eigenvalue weighted by molar-refractivity contribution is 7.18. The molecule has 20 heavy (non-hydrogen) atoms. The van der Waals surface area contributed by atoms with Crippen LogP contribution in [0.25, 0.3) is 0 Å². The van der Waals surface area contributed by atoms with Crippen molar-refractivity contribution in [2.75, 3.05) is 50.5 Å². The van der Waals surface area contributed by atoms with Gasteiger partial charge in [0.1, 0.15) is 10.7 Å². The Morgan fingerprint density at radius 3 is 2.80 bits per heavy atom. The van der Waals surface area contributed by atoms with E-state index in [1.54, 1.807) is 11.9 Å². The van der Waals surface area contributed by atoms with Gasteiger partial charge in [0, 0.05) is 26.7 Å². The van der Waals surface area contributed by atoms with Crippen molar-refractivity contribution >= 4 is 28.2 Å². The van der Waals surface area contributed by atoms with Crippen LogP contribution in [-0.4, -0.2) is 55.7 Å². The number of anilines is 2. The molecule has 0 unspecified atom stereocenters. The zero-order valence-corrected chi connectivity index (χ0v) is 12.7. The molecule has 0 aliphatic carbocycles. The molecule has 0 spiro atoms. The van der Waals surface area contributed by atoms with Crippen molar-refractivity contribution in [1.82, 2.24) is 9.88 Å². The number of carbonyl (C=O) groups excluding carboxylic acids is 1. The minimum absolute atomic E-state index is 0.109. The van der Waals surface area contributed by atoms with Gasteiger partial charge in [-0.3, -0.25) is 4.79 Å². The lowest BCUT2D eigenvalue weighted by Gasteiger charge is -2.25. The normalized spacial score (nSPS) is 15.2. The minimum atomic E-state index is -0.109. The predicted molar refractivity (Wildman–Crippen MR) is 81.3 cm³/mol. The third-order valence-corrected chi connectivity index (χ3v) is 4.09. The number of nitrogens with zero attached hydrogens (tertiary/aromatic N) is 3. The van der Waals surface area contributed by atoms with Crippen LogP contribution in [0.15, 0.2) is 12.2 Å². The Bertz CT molecular complexity index is 508. The average molecular weight is 296 g/mol. The fourth-order valence-electron chi connectivity index (χ4n) is 2.01. The van der Waals surface area contributed by atoms with E-state index in [-0.39, 0.29) is 5.91 Å².